The van der Waals surface area contributed by atoms with E-state index in [1.54, 1.807) is 6.07 Å². The lowest BCUT2D eigenvalue weighted by Crippen LogP contribution is -2.14. The summed E-state index contributed by atoms with van der Waals surface area (Å²) < 4.78 is 39.9. The van der Waals surface area contributed by atoms with Gasteiger partial charge < -0.3 is 5.11 Å². The van der Waals surface area contributed by atoms with Crippen LogP contribution >= 0.6 is 11.3 Å². The number of benzene rings is 1. The Bertz CT molecular complexity index is 956. The number of hydrogen-bond acceptors (Lipinski definition) is 4. The van der Waals surface area contributed by atoms with E-state index in [0.717, 1.165) is 21.4 Å². The highest BCUT2D eigenvalue weighted by Crippen LogP contribution is 2.28. The predicted octanol–water partition coefficient (Wildman–Crippen LogP) is 2.78. The normalized spacial score (nSPS) is 11.9. The Morgan fingerprint density at radius 3 is 2.71 bits per heavy atom. The number of carbonyl (C=O) groups is 1. The number of carboxylic acid groups (broad SMARTS) is 1. The fourth-order valence-corrected chi connectivity index (χ4v) is 4.68. The summed E-state index contributed by atoms with van der Waals surface area (Å²) >= 11 is 0.806. The maximum absolute atomic E-state index is 13.9. The molecule has 2 aromatic heterocycles. The molecule has 1 N–H and O–H groups in total. The van der Waals surface area contributed by atoms with Gasteiger partial charge in [0.25, 0.3) is 10.0 Å². The number of thiophene rings is 1. The maximum Gasteiger partial charge on any atom is 0.347 e. The van der Waals surface area contributed by atoms with Gasteiger partial charge in [-0.2, -0.15) is 0 Å². The average molecular weight is 325 g/mol. The van der Waals surface area contributed by atoms with Crippen LogP contribution in [-0.4, -0.2) is 23.5 Å². The number of halogens is 1. The van der Waals surface area contributed by atoms with E-state index < -0.39 is 21.8 Å². The third-order valence-corrected chi connectivity index (χ3v) is 5.74. The minimum absolute atomic E-state index is 0.0972. The van der Waals surface area contributed by atoms with E-state index in [2.05, 4.69) is 0 Å². The summed E-state index contributed by atoms with van der Waals surface area (Å²) in [5, 5.41) is 10.8. The van der Waals surface area contributed by atoms with Crippen molar-refractivity contribution in [2.45, 2.75) is 4.90 Å². The van der Waals surface area contributed by atoms with Crippen LogP contribution in [0.5, 0.6) is 0 Å². The van der Waals surface area contributed by atoms with E-state index in [9.17, 15) is 17.6 Å². The summed E-state index contributed by atoms with van der Waals surface area (Å²) in [7, 11) is -4.17. The molecule has 5 nitrogen and oxygen atoms in total. The Morgan fingerprint density at radius 2 is 2.00 bits per heavy atom. The van der Waals surface area contributed by atoms with Gasteiger partial charge in [0.15, 0.2) is 0 Å². The Hall–Kier alpha value is -2.19. The summed E-state index contributed by atoms with van der Waals surface area (Å²) in [6.45, 7) is 0. The Kier molecular flexibility index (Phi) is 3.07. The first-order chi connectivity index (χ1) is 9.93. The first-order valence-corrected chi connectivity index (χ1v) is 8.07. The van der Waals surface area contributed by atoms with E-state index in [1.165, 1.54) is 29.8 Å². The lowest BCUT2D eigenvalue weighted by Gasteiger charge is -2.07. The van der Waals surface area contributed by atoms with Crippen LogP contribution in [0, 0.1) is 5.82 Å². The Balaban J connectivity index is 2.31. The number of carboxylic acids is 1. The maximum atomic E-state index is 13.9. The van der Waals surface area contributed by atoms with Crippen molar-refractivity contribution >= 4 is 38.2 Å². The van der Waals surface area contributed by atoms with Crippen LogP contribution in [0.15, 0.2) is 46.8 Å². The summed E-state index contributed by atoms with van der Waals surface area (Å²) in [6, 6.07) is 6.87. The molecule has 0 spiro atoms. The lowest BCUT2D eigenvalue weighted by molar-refractivity contribution is 0.0698. The second-order valence-electron chi connectivity index (χ2n) is 4.21. The van der Waals surface area contributed by atoms with Gasteiger partial charge in [0.1, 0.15) is 15.6 Å². The van der Waals surface area contributed by atoms with Crippen molar-refractivity contribution in [3.05, 3.63) is 52.6 Å². The van der Waals surface area contributed by atoms with Crippen molar-refractivity contribution in [2.24, 2.45) is 0 Å². The summed E-state index contributed by atoms with van der Waals surface area (Å²) in [5.41, 5.74) is -0.0972. The molecule has 0 saturated carbocycles. The van der Waals surface area contributed by atoms with Crippen LogP contribution in [-0.2, 0) is 10.0 Å². The fraction of sp³-hybridized carbons (Fsp3) is 0. The van der Waals surface area contributed by atoms with Gasteiger partial charge in [0.2, 0.25) is 0 Å². The third-order valence-electron chi connectivity index (χ3n) is 2.99. The van der Waals surface area contributed by atoms with Crippen molar-refractivity contribution in [1.82, 2.24) is 3.97 Å². The number of fused-ring (bicyclic) bond motifs is 1. The SMILES string of the molecule is O=C(O)c1sccc1S(=O)(=O)n1ccc2cccc(F)c21. The zero-order valence-electron chi connectivity index (χ0n) is 10.4. The van der Waals surface area contributed by atoms with E-state index in [-0.39, 0.29) is 15.3 Å². The summed E-state index contributed by atoms with van der Waals surface area (Å²) in [4.78, 5) is 10.4. The first kappa shape index (κ1) is 13.8. The second-order valence-corrected chi connectivity index (χ2v) is 6.91. The molecule has 0 unspecified atom stereocenters. The van der Waals surface area contributed by atoms with Gasteiger partial charge in [-0.05, 0) is 23.6 Å². The highest BCUT2D eigenvalue weighted by atomic mass is 32.2. The number of aromatic nitrogens is 1. The molecule has 1 aromatic carbocycles. The number of aromatic carboxylic acids is 1. The van der Waals surface area contributed by atoms with Crippen LogP contribution in [0.3, 0.4) is 0 Å². The minimum atomic E-state index is -4.17. The van der Waals surface area contributed by atoms with Gasteiger partial charge in [-0.3, -0.25) is 0 Å². The largest absolute Gasteiger partial charge is 0.477 e. The molecule has 3 aromatic rings. The Morgan fingerprint density at radius 1 is 1.24 bits per heavy atom. The lowest BCUT2D eigenvalue weighted by atomic mass is 10.2. The van der Waals surface area contributed by atoms with Crippen LogP contribution < -0.4 is 0 Å². The molecule has 0 aliphatic heterocycles. The monoisotopic (exact) mass is 325 g/mol. The van der Waals surface area contributed by atoms with Gasteiger partial charge in [0.05, 0.1) is 5.52 Å². The van der Waals surface area contributed by atoms with Gasteiger partial charge in [-0.1, -0.05) is 12.1 Å². The fourth-order valence-electron chi connectivity index (χ4n) is 2.08. The third kappa shape index (κ3) is 2.03. The smallest absolute Gasteiger partial charge is 0.347 e. The average Bonchev–Trinajstić information content (AvgIpc) is 3.06. The standard InChI is InChI=1S/C13H8FNO4S2/c14-9-3-1-2-8-4-6-15(11(8)9)21(18,19)10-5-7-20-12(10)13(16)17/h1-7H,(H,16,17). The molecule has 8 heteroatoms. The highest BCUT2D eigenvalue weighted by Gasteiger charge is 2.27. The number of para-hydroxylation sites is 1. The molecule has 0 aliphatic rings. The van der Waals surface area contributed by atoms with Gasteiger partial charge in [-0.15, -0.1) is 11.3 Å². The molecule has 0 radical (unpaired) electrons. The molecule has 2 heterocycles. The molecule has 0 saturated heterocycles. The topological polar surface area (TPSA) is 76.4 Å². The van der Waals surface area contributed by atoms with E-state index in [4.69, 9.17) is 5.11 Å². The van der Waals surface area contributed by atoms with Crippen LogP contribution in [0.4, 0.5) is 4.39 Å². The molecular formula is C13H8FNO4S2. The molecule has 0 atom stereocenters. The zero-order chi connectivity index (χ0) is 15.2. The second kappa shape index (κ2) is 4.68. The molecule has 21 heavy (non-hydrogen) atoms. The molecule has 0 amide bonds. The molecule has 0 fully saturated rings. The quantitative estimate of drug-likeness (QED) is 0.803. The molecule has 3 rings (SSSR count). The van der Waals surface area contributed by atoms with Crippen molar-refractivity contribution in [3.8, 4) is 0 Å². The Labute approximate surface area is 122 Å². The van der Waals surface area contributed by atoms with Crippen LogP contribution in [0.25, 0.3) is 10.9 Å². The van der Waals surface area contributed by atoms with Crippen LogP contribution in [0.1, 0.15) is 9.67 Å². The van der Waals surface area contributed by atoms with Crippen molar-refractivity contribution < 1.29 is 22.7 Å². The zero-order valence-corrected chi connectivity index (χ0v) is 12.0. The van der Waals surface area contributed by atoms with Crippen molar-refractivity contribution in [3.63, 3.8) is 0 Å². The number of rotatable bonds is 3. The van der Waals surface area contributed by atoms with E-state index in [1.807, 2.05) is 0 Å². The minimum Gasteiger partial charge on any atom is -0.477 e. The van der Waals surface area contributed by atoms with Crippen LogP contribution in [0.2, 0.25) is 0 Å². The van der Waals surface area contributed by atoms with Crippen molar-refractivity contribution in [2.75, 3.05) is 0 Å². The molecule has 0 bridgehead atoms. The van der Waals surface area contributed by atoms with Gasteiger partial charge in [0, 0.05) is 11.6 Å². The van der Waals surface area contributed by atoms with Gasteiger partial charge >= 0.3 is 5.97 Å². The predicted molar refractivity (Wildman–Crippen MR) is 75.8 cm³/mol. The van der Waals surface area contributed by atoms with E-state index in [0.29, 0.717) is 5.39 Å². The van der Waals surface area contributed by atoms with E-state index >= 15 is 0 Å². The van der Waals surface area contributed by atoms with Crippen molar-refractivity contribution in [1.29, 1.82) is 0 Å². The first-order valence-electron chi connectivity index (χ1n) is 5.75. The number of hydrogen-bond donors (Lipinski definition) is 1. The van der Waals surface area contributed by atoms with Gasteiger partial charge in [-0.25, -0.2) is 21.6 Å². The molecule has 108 valence electrons. The highest BCUT2D eigenvalue weighted by molar-refractivity contribution is 7.90. The summed E-state index contributed by atoms with van der Waals surface area (Å²) in [6.07, 6.45) is 1.21. The molecule has 0 aliphatic carbocycles. The number of nitrogens with zero attached hydrogens (tertiary/aromatic N) is 1. The molecular weight excluding hydrogens is 317 g/mol. The summed E-state index contributed by atoms with van der Waals surface area (Å²) in [5.74, 6) is -2.02.